The molecule has 0 aliphatic heterocycles. The molecule has 0 spiro atoms. The highest BCUT2D eigenvalue weighted by Gasteiger charge is 2.34. The summed E-state index contributed by atoms with van der Waals surface area (Å²) in [5.74, 6) is -1.03. The molecule has 11 heteroatoms. The van der Waals surface area contributed by atoms with Gasteiger partial charge >= 0.3 is 18.0 Å². The number of carbonyl (C=O) groups excluding carboxylic acids is 2. The molecule has 3 aromatic carbocycles. The lowest BCUT2D eigenvalue weighted by atomic mass is 10.2. The maximum atomic E-state index is 14.6. The van der Waals surface area contributed by atoms with E-state index in [1.807, 2.05) is 0 Å². The van der Waals surface area contributed by atoms with Crippen LogP contribution in [-0.4, -0.2) is 38.4 Å². The first-order valence-corrected chi connectivity index (χ1v) is 12.3. The molecule has 0 saturated heterocycles. The third-order valence-electron chi connectivity index (χ3n) is 5.30. The van der Waals surface area contributed by atoms with Gasteiger partial charge in [-0.15, -0.1) is 0 Å². The number of ether oxygens (including phenoxy) is 4. The topological polar surface area (TPSA) is 123 Å². The number of nitrogens with two attached hydrogens (primary N) is 2. The van der Waals surface area contributed by atoms with Crippen LogP contribution in [0.25, 0.3) is 6.08 Å². The van der Waals surface area contributed by atoms with E-state index in [9.17, 15) is 22.8 Å². The Labute approximate surface area is 229 Å². The van der Waals surface area contributed by atoms with Crippen LogP contribution in [0.3, 0.4) is 0 Å². The lowest BCUT2D eigenvalue weighted by Crippen LogP contribution is -2.21. The first-order valence-electron chi connectivity index (χ1n) is 12.3. The van der Waals surface area contributed by atoms with Crippen molar-refractivity contribution in [3.63, 3.8) is 0 Å². The quantitative estimate of drug-likeness (QED) is 0.115. The van der Waals surface area contributed by atoms with Crippen molar-refractivity contribution in [3.05, 3.63) is 89.5 Å². The standard InChI is InChI=1S/C29H29F3N2O6/c30-13-1-2-14-37-25-10-6-22(7-11-25)29(31,32)40-26-8-3-20(4-9-26)5-12-27(35)38-15-16-39-28(36)21-17-23(33)19-24(34)18-21/h3-12,17-19H,1-2,13-16,33-34H2/b12-5+. The number of nitrogen functional groups attached to an aromatic ring is 2. The second-order valence-electron chi connectivity index (χ2n) is 8.48. The van der Waals surface area contributed by atoms with Crippen LogP contribution >= 0.6 is 0 Å². The smallest absolute Gasteiger partial charge is 0.426 e. The average Bonchev–Trinajstić information content (AvgIpc) is 2.92. The third kappa shape index (κ3) is 9.57. The Bertz CT molecular complexity index is 1280. The predicted octanol–water partition coefficient (Wildman–Crippen LogP) is 5.52. The van der Waals surface area contributed by atoms with Crippen molar-refractivity contribution >= 4 is 29.4 Å². The normalized spacial score (nSPS) is 11.3. The second kappa shape index (κ2) is 14.5. The Morgan fingerprint density at radius 2 is 1.43 bits per heavy atom. The molecule has 0 bridgehead atoms. The summed E-state index contributed by atoms with van der Waals surface area (Å²) in [5.41, 5.74) is 12.3. The Balaban J connectivity index is 1.42. The van der Waals surface area contributed by atoms with E-state index in [0.717, 1.165) is 6.08 Å². The minimum Gasteiger partial charge on any atom is -0.494 e. The lowest BCUT2D eigenvalue weighted by Gasteiger charge is -2.18. The maximum absolute atomic E-state index is 14.6. The molecule has 0 amide bonds. The first-order chi connectivity index (χ1) is 19.2. The summed E-state index contributed by atoms with van der Waals surface area (Å²) in [6, 6.07) is 15.2. The van der Waals surface area contributed by atoms with Gasteiger partial charge in [-0.2, -0.15) is 8.78 Å². The molecular weight excluding hydrogens is 529 g/mol. The molecule has 0 radical (unpaired) electrons. The Morgan fingerprint density at radius 3 is 2.08 bits per heavy atom. The summed E-state index contributed by atoms with van der Waals surface area (Å²) in [7, 11) is 0. The maximum Gasteiger partial charge on any atom is 0.426 e. The summed E-state index contributed by atoms with van der Waals surface area (Å²) in [5, 5.41) is 0. The molecule has 0 aliphatic carbocycles. The number of unbranched alkanes of at least 4 members (excludes halogenated alkanes) is 1. The van der Waals surface area contributed by atoms with Crippen LogP contribution in [0.5, 0.6) is 11.5 Å². The molecule has 0 saturated carbocycles. The van der Waals surface area contributed by atoms with Crippen molar-refractivity contribution in [1.82, 2.24) is 0 Å². The molecule has 0 fully saturated rings. The number of esters is 2. The molecule has 40 heavy (non-hydrogen) atoms. The van der Waals surface area contributed by atoms with Gasteiger partial charge in [0.15, 0.2) is 0 Å². The number of hydrogen-bond acceptors (Lipinski definition) is 8. The van der Waals surface area contributed by atoms with E-state index in [0.29, 0.717) is 42.1 Å². The van der Waals surface area contributed by atoms with Gasteiger partial charge in [-0.25, -0.2) is 9.59 Å². The Morgan fingerprint density at radius 1 is 0.800 bits per heavy atom. The van der Waals surface area contributed by atoms with Crippen molar-refractivity contribution < 1.29 is 41.7 Å². The molecule has 8 nitrogen and oxygen atoms in total. The molecule has 0 aliphatic rings. The molecule has 0 heterocycles. The van der Waals surface area contributed by atoms with E-state index in [4.69, 9.17) is 30.4 Å². The fourth-order valence-corrected chi connectivity index (χ4v) is 3.35. The highest BCUT2D eigenvalue weighted by atomic mass is 19.3. The molecule has 3 aromatic rings. The largest absolute Gasteiger partial charge is 0.494 e. The van der Waals surface area contributed by atoms with E-state index in [2.05, 4.69) is 0 Å². The van der Waals surface area contributed by atoms with Gasteiger partial charge in [0.25, 0.3) is 0 Å². The van der Waals surface area contributed by atoms with Crippen LogP contribution in [0.15, 0.2) is 72.8 Å². The van der Waals surface area contributed by atoms with Gasteiger partial charge in [-0.3, -0.25) is 4.39 Å². The van der Waals surface area contributed by atoms with Gasteiger partial charge in [0.05, 0.1) is 24.4 Å². The summed E-state index contributed by atoms with van der Waals surface area (Å²) < 4.78 is 61.5. The number of halogens is 3. The second-order valence-corrected chi connectivity index (χ2v) is 8.48. The molecule has 0 aromatic heterocycles. The number of carbonyl (C=O) groups is 2. The van der Waals surface area contributed by atoms with Gasteiger partial charge in [-0.1, -0.05) is 12.1 Å². The van der Waals surface area contributed by atoms with Crippen LogP contribution in [0.1, 0.15) is 34.3 Å². The number of rotatable bonds is 14. The highest BCUT2D eigenvalue weighted by molar-refractivity contribution is 5.91. The van der Waals surface area contributed by atoms with Crippen LogP contribution in [0.4, 0.5) is 24.5 Å². The fraction of sp³-hybridized carbons (Fsp3) is 0.241. The zero-order valence-corrected chi connectivity index (χ0v) is 21.5. The van der Waals surface area contributed by atoms with Crippen molar-refractivity contribution in [3.8, 4) is 11.5 Å². The summed E-state index contributed by atoms with van der Waals surface area (Å²) in [4.78, 5) is 23.9. The first kappa shape index (κ1) is 29.9. The van der Waals surface area contributed by atoms with Gasteiger partial charge in [-0.05, 0) is 79.1 Å². The van der Waals surface area contributed by atoms with Crippen molar-refractivity contribution in [2.24, 2.45) is 0 Å². The fourth-order valence-electron chi connectivity index (χ4n) is 3.35. The minimum atomic E-state index is -3.60. The van der Waals surface area contributed by atoms with E-state index in [-0.39, 0.29) is 30.1 Å². The minimum absolute atomic E-state index is 0.0833. The van der Waals surface area contributed by atoms with Crippen molar-refractivity contribution in [2.45, 2.75) is 19.0 Å². The average molecular weight is 559 g/mol. The molecule has 3 rings (SSSR count). The Hall–Kier alpha value is -4.67. The summed E-state index contributed by atoms with van der Waals surface area (Å²) in [6.07, 6.45) is -0.116. The Kier molecular flexibility index (Phi) is 10.8. The van der Waals surface area contributed by atoms with E-state index < -0.39 is 24.7 Å². The number of hydrogen-bond donors (Lipinski definition) is 2. The predicted molar refractivity (Wildman–Crippen MR) is 144 cm³/mol. The third-order valence-corrected chi connectivity index (χ3v) is 5.30. The summed E-state index contributed by atoms with van der Waals surface area (Å²) >= 11 is 0. The molecular formula is C29H29F3N2O6. The van der Waals surface area contributed by atoms with Gasteiger partial charge in [0.1, 0.15) is 24.7 Å². The van der Waals surface area contributed by atoms with Crippen molar-refractivity contribution in [1.29, 1.82) is 0 Å². The van der Waals surface area contributed by atoms with Crippen LogP contribution in [0, 0.1) is 0 Å². The van der Waals surface area contributed by atoms with Gasteiger partial charge in [0.2, 0.25) is 0 Å². The number of alkyl halides is 3. The number of benzene rings is 3. The van der Waals surface area contributed by atoms with E-state index >= 15 is 0 Å². The lowest BCUT2D eigenvalue weighted by molar-refractivity contribution is -0.185. The van der Waals surface area contributed by atoms with E-state index in [1.165, 1.54) is 72.8 Å². The van der Waals surface area contributed by atoms with Crippen LogP contribution < -0.4 is 20.9 Å². The molecule has 0 unspecified atom stereocenters. The molecule has 212 valence electrons. The zero-order valence-electron chi connectivity index (χ0n) is 21.5. The van der Waals surface area contributed by atoms with E-state index in [1.54, 1.807) is 0 Å². The number of anilines is 2. The summed E-state index contributed by atoms with van der Waals surface area (Å²) in [6.45, 7) is -0.491. The highest BCUT2D eigenvalue weighted by Crippen LogP contribution is 2.32. The van der Waals surface area contributed by atoms with Gasteiger partial charge < -0.3 is 30.4 Å². The monoisotopic (exact) mass is 558 g/mol. The molecule has 0 atom stereocenters. The SMILES string of the molecule is Nc1cc(N)cc(C(=O)OCCOC(=O)/C=C/c2ccc(OC(F)(F)c3ccc(OCCCCF)cc3)cc2)c1. The van der Waals surface area contributed by atoms with Crippen LogP contribution in [-0.2, 0) is 20.4 Å². The van der Waals surface area contributed by atoms with Crippen LogP contribution in [0.2, 0.25) is 0 Å². The van der Waals surface area contributed by atoms with Crippen molar-refractivity contribution in [2.75, 3.05) is 38.0 Å². The van der Waals surface area contributed by atoms with Gasteiger partial charge in [0, 0.05) is 17.5 Å². The molecule has 4 N–H and O–H groups in total. The zero-order chi connectivity index (χ0) is 29.0.